The molecule has 9 heteroatoms. The van der Waals surface area contributed by atoms with Gasteiger partial charge in [-0.1, -0.05) is 0 Å². The number of benzene rings is 1. The highest BCUT2D eigenvalue weighted by molar-refractivity contribution is 7.89. The minimum atomic E-state index is -4.84. The second kappa shape index (κ2) is 5.64. The van der Waals surface area contributed by atoms with E-state index in [2.05, 4.69) is 4.72 Å². The molecule has 1 atom stereocenters. The summed E-state index contributed by atoms with van der Waals surface area (Å²) in [6.07, 6.45) is 1.39. The van der Waals surface area contributed by atoms with Crippen molar-refractivity contribution in [3.63, 3.8) is 0 Å². The minimum Gasteiger partial charge on any atom is -0.380 e. The molecule has 1 saturated heterocycles. The monoisotopic (exact) mass is 337 g/mol. The molecule has 1 unspecified atom stereocenters. The van der Waals surface area contributed by atoms with Gasteiger partial charge >= 0.3 is 10.2 Å². The molecular formula is C12H16FNO5S2. The van der Waals surface area contributed by atoms with Crippen LogP contribution in [0.15, 0.2) is 34.1 Å². The van der Waals surface area contributed by atoms with Gasteiger partial charge in [0.15, 0.2) is 0 Å². The zero-order chi connectivity index (χ0) is 15.7. The van der Waals surface area contributed by atoms with E-state index in [-0.39, 0.29) is 11.5 Å². The van der Waals surface area contributed by atoms with E-state index in [0.717, 1.165) is 30.7 Å². The van der Waals surface area contributed by atoms with Crippen molar-refractivity contribution in [2.75, 3.05) is 13.2 Å². The Morgan fingerprint density at radius 2 is 1.71 bits per heavy atom. The Morgan fingerprint density at radius 3 is 2.19 bits per heavy atom. The van der Waals surface area contributed by atoms with Crippen LogP contribution in [0.2, 0.25) is 0 Å². The van der Waals surface area contributed by atoms with Crippen LogP contribution in [0.5, 0.6) is 0 Å². The highest BCUT2D eigenvalue weighted by atomic mass is 32.3. The lowest BCUT2D eigenvalue weighted by Crippen LogP contribution is -2.51. The van der Waals surface area contributed by atoms with Crippen LogP contribution in [0.1, 0.15) is 19.8 Å². The zero-order valence-corrected chi connectivity index (χ0v) is 13.0. The van der Waals surface area contributed by atoms with Crippen molar-refractivity contribution in [3.05, 3.63) is 24.3 Å². The molecule has 1 N–H and O–H groups in total. The second-order valence-electron chi connectivity index (χ2n) is 5.23. The molecule has 1 fully saturated rings. The number of nitrogens with one attached hydrogen (secondary N) is 1. The summed E-state index contributed by atoms with van der Waals surface area (Å²) in [5.41, 5.74) is -0.706. The third-order valence-corrected chi connectivity index (χ3v) is 5.72. The predicted molar refractivity (Wildman–Crippen MR) is 73.5 cm³/mol. The summed E-state index contributed by atoms with van der Waals surface area (Å²) in [4.78, 5) is -0.699. The molecule has 1 aliphatic heterocycles. The predicted octanol–water partition coefficient (Wildman–Crippen LogP) is 1.19. The lowest BCUT2D eigenvalue weighted by Gasteiger charge is -2.33. The average molecular weight is 337 g/mol. The van der Waals surface area contributed by atoms with E-state index in [1.165, 1.54) is 0 Å². The first kappa shape index (κ1) is 16.3. The minimum absolute atomic E-state index is 0.123. The quantitative estimate of drug-likeness (QED) is 0.834. The van der Waals surface area contributed by atoms with Crippen molar-refractivity contribution in [2.45, 2.75) is 35.1 Å². The largest absolute Gasteiger partial charge is 0.380 e. The maximum Gasteiger partial charge on any atom is 0.332 e. The lowest BCUT2D eigenvalue weighted by atomic mass is 9.97. The Bertz CT molecular complexity index is 707. The first-order valence-electron chi connectivity index (χ1n) is 6.29. The average Bonchev–Trinajstić information content (AvgIpc) is 2.37. The Hall–Kier alpha value is -1.03. The lowest BCUT2D eigenvalue weighted by molar-refractivity contribution is 0.0386. The van der Waals surface area contributed by atoms with Gasteiger partial charge in [-0.05, 0) is 44.0 Å². The van der Waals surface area contributed by atoms with Gasteiger partial charge in [0, 0.05) is 6.61 Å². The van der Waals surface area contributed by atoms with Crippen molar-refractivity contribution in [1.82, 2.24) is 4.72 Å². The molecule has 0 amide bonds. The van der Waals surface area contributed by atoms with Gasteiger partial charge in [0.1, 0.15) is 0 Å². The number of ether oxygens (including phenoxy) is 1. The van der Waals surface area contributed by atoms with Crippen molar-refractivity contribution >= 4 is 20.2 Å². The molecule has 1 heterocycles. The number of sulfonamides is 1. The van der Waals surface area contributed by atoms with Gasteiger partial charge < -0.3 is 4.74 Å². The smallest absolute Gasteiger partial charge is 0.332 e. The van der Waals surface area contributed by atoms with Crippen LogP contribution in [0.3, 0.4) is 0 Å². The molecule has 2 rings (SSSR count). The molecule has 6 nitrogen and oxygen atoms in total. The van der Waals surface area contributed by atoms with Crippen LogP contribution in [0.4, 0.5) is 3.89 Å². The molecule has 1 aromatic carbocycles. The molecule has 0 spiro atoms. The number of hydrogen-bond donors (Lipinski definition) is 1. The zero-order valence-electron chi connectivity index (χ0n) is 11.4. The third-order valence-electron chi connectivity index (χ3n) is 3.23. The number of rotatable bonds is 4. The molecule has 1 aromatic rings. The summed E-state index contributed by atoms with van der Waals surface area (Å²) >= 11 is 0. The SMILES string of the molecule is CC1(NS(=O)(=O)c2ccc(S(=O)(=O)F)cc2)CCCOC1. The standard InChI is InChI=1S/C12H16FNO5S2/c1-12(7-2-8-19-9-12)14-21(17,18)11-5-3-10(4-6-11)20(13,15)16/h3-6,14H,2,7-9H2,1H3. The first-order valence-corrected chi connectivity index (χ1v) is 9.16. The third kappa shape index (κ3) is 4.00. The van der Waals surface area contributed by atoms with Gasteiger partial charge in [0.25, 0.3) is 0 Å². The van der Waals surface area contributed by atoms with E-state index in [0.29, 0.717) is 13.0 Å². The Morgan fingerprint density at radius 1 is 1.14 bits per heavy atom. The van der Waals surface area contributed by atoms with Gasteiger partial charge in [0.05, 0.1) is 21.9 Å². The van der Waals surface area contributed by atoms with Crippen LogP contribution in [-0.4, -0.2) is 35.6 Å². The Balaban J connectivity index is 2.23. The van der Waals surface area contributed by atoms with Crippen molar-refractivity contribution < 1.29 is 25.5 Å². The van der Waals surface area contributed by atoms with E-state index in [4.69, 9.17) is 4.74 Å². The molecule has 0 bridgehead atoms. The molecule has 0 aliphatic carbocycles. The van der Waals surface area contributed by atoms with Gasteiger partial charge in [-0.25, -0.2) is 13.1 Å². The molecule has 0 radical (unpaired) electrons. The maximum absolute atomic E-state index is 12.8. The highest BCUT2D eigenvalue weighted by Crippen LogP contribution is 2.22. The van der Waals surface area contributed by atoms with Crippen molar-refractivity contribution in [1.29, 1.82) is 0 Å². The molecule has 0 saturated carbocycles. The summed E-state index contributed by atoms with van der Waals surface area (Å²) in [6.45, 7) is 2.60. The molecule has 118 valence electrons. The normalized spacial score (nSPS) is 23.9. The topological polar surface area (TPSA) is 89.5 Å². The molecule has 0 aromatic heterocycles. The Labute approximate surface area is 123 Å². The van der Waals surface area contributed by atoms with Crippen LogP contribution >= 0.6 is 0 Å². The van der Waals surface area contributed by atoms with Crippen LogP contribution in [0, 0.1) is 0 Å². The fraction of sp³-hybridized carbons (Fsp3) is 0.500. The fourth-order valence-electron chi connectivity index (χ4n) is 2.18. The van der Waals surface area contributed by atoms with Gasteiger partial charge in [0.2, 0.25) is 10.0 Å². The van der Waals surface area contributed by atoms with Gasteiger partial charge in [-0.3, -0.25) is 0 Å². The highest BCUT2D eigenvalue weighted by Gasteiger charge is 2.33. The second-order valence-corrected chi connectivity index (χ2v) is 8.26. The van der Waals surface area contributed by atoms with Gasteiger partial charge in [-0.15, -0.1) is 3.89 Å². The van der Waals surface area contributed by atoms with E-state index in [1.807, 2.05) is 0 Å². The maximum atomic E-state index is 12.8. The van der Waals surface area contributed by atoms with Crippen LogP contribution in [0.25, 0.3) is 0 Å². The van der Waals surface area contributed by atoms with Gasteiger partial charge in [-0.2, -0.15) is 8.42 Å². The van der Waals surface area contributed by atoms with E-state index in [9.17, 15) is 20.7 Å². The van der Waals surface area contributed by atoms with Crippen LogP contribution < -0.4 is 4.72 Å². The fourth-order valence-corrected chi connectivity index (χ4v) is 4.06. The summed E-state index contributed by atoms with van der Waals surface area (Å²) in [7, 11) is -8.67. The summed E-state index contributed by atoms with van der Waals surface area (Å²) in [5, 5.41) is 0. The summed E-state index contributed by atoms with van der Waals surface area (Å²) in [6, 6.07) is 3.96. The molecular weight excluding hydrogens is 321 g/mol. The van der Waals surface area contributed by atoms with E-state index >= 15 is 0 Å². The first-order chi connectivity index (χ1) is 9.62. The molecule has 21 heavy (non-hydrogen) atoms. The molecule has 1 aliphatic rings. The van der Waals surface area contributed by atoms with Crippen molar-refractivity contribution in [3.8, 4) is 0 Å². The van der Waals surface area contributed by atoms with Crippen LogP contribution in [-0.2, 0) is 25.0 Å². The summed E-state index contributed by atoms with van der Waals surface area (Å²) < 4.78 is 66.5. The van der Waals surface area contributed by atoms with Crippen molar-refractivity contribution in [2.24, 2.45) is 0 Å². The van der Waals surface area contributed by atoms with E-state index in [1.54, 1.807) is 6.92 Å². The Kier molecular flexibility index (Phi) is 4.39. The van der Waals surface area contributed by atoms with E-state index < -0.39 is 30.7 Å². The number of halogens is 1. The number of hydrogen-bond acceptors (Lipinski definition) is 5. The summed E-state index contributed by atoms with van der Waals surface area (Å²) in [5.74, 6) is 0.